The minimum Gasteiger partial charge on any atom is -0.255 e. The third-order valence-electron chi connectivity index (χ3n) is 5.09. The van der Waals surface area contributed by atoms with Gasteiger partial charge in [-0.25, -0.2) is 0 Å². The summed E-state index contributed by atoms with van der Waals surface area (Å²) in [7, 11) is 0. The van der Waals surface area contributed by atoms with E-state index < -0.39 is 0 Å². The maximum Gasteiger partial charge on any atom is 0.0709 e. The first kappa shape index (κ1) is 13.3. The molecule has 4 aromatic carbocycles. The van der Waals surface area contributed by atoms with E-state index in [0.717, 1.165) is 5.52 Å². The Labute approximate surface area is 148 Å². The summed E-state index contributed by atoms with van der Waals surface area (Å²) in [5.41, 5.74) is 1.06. The Bertz CT molecular complexity index is 1440. The van der Waals surface area contributed by atoms with Gasteiger partial charge in [0.25, 0.3) is 0 Å². The molecule has 0 aliphatic carbocycles. The van der Waals surface area contributed by atoms with E-state index in [1.54, 1.807) is 0 Å². The number of benzene rings is 4. The monoisotopic (exact) mass is 335 g/mol. The van der Waals surface area contributed by atoms with Gasteiger partial charge < -0.3 is 0 Å². The van der Waals surface area contributed by atoms with Gasteiger partial charge in [0.15, 0.2) is 0 Å². The van der Waals surface area contributed by atoms with Gasteiger partial charge in [0, 0.05) is 32.4 Å². The van der Waals surface area contributed by atoms with Crippen molar-refractivity contribution in [2.75, 3.05) is 0 Å². The van der Waals surface area contributed by atoms with Crippen LogP contribution in [0.4, 0.5) is 0 Å². The lowest BCUT2D eigenvalue weighted by atomic mass is 9.96. The summed E-state index contributed by atoms with van der Waals surface area (Å²) in [5, 5.41) is 9.27. The number of thiophene rings is 1. The van der Waals surface area contributed by atoms with Crippen molar-refractivity contribution in [1.82, 2.24) is 4.98 Å². The van der Waals surface area contributed by atoms with Crippen LogP contribution < -0.4 is 0 Å². The molecule has 0 bridgehead atoms. The molecule has 2 aromatic heterocycles. The molecule has 0 atom stereocenters. The number of fused-ring (bicyclic) bond motifs is 10. The van der Waals surface area contributed by atoms with Gasteiger partial charge in [0.05, 0.1) is 10.2 Å². The van der Waals surface area contributed by atoms with Crippen LogP contribution in [0.15, 0.2) is 79.0 Å². The minimum atomic E-state index is 1.06. The molecule has 25 heavy (non-hydrogen) atoms. The zero-order valence-corrected chi connectivity index (χ0v) is 14.2. The third-order valence-corrected chi connectivity index (χ3v) is 6.25. The molecule has 0 aliphatic rings. The van der Waals surface area contributed by atoms with Crippen molar-refractivity contribution in [3.05, 3.63) is 79.0 Å². The van der Waals surface area contributed by atoms with Crippen molar-refractivity contribution >= 4 is 64.0 Å². The summed E-state index contributed by atoms with van der Waals surface area (Å²) in [5.74, 6) is 0. The maximum atomic E-state index is 4.68. The molecule has 6 aromatic rings. The number of pyridine rings is 1. The number of para-hydroxylation sites is 1. The summed E-state index contributed by atoms with van der Waals surface area (Å²) in [4.78, 5) is 4.68. The first-order valence-corrected chi connectivity index (χ1v) is 9.23. The molecule has 0 spiro atoms. The van der Waals surface area contributed by atoms with E-state index >= 15 is 0 Å². The van der Waals surface area contributed by atoms with Crippen LogP contribution in [0.5, 0.6) is 0 Å². The van der Waals surface area contributed by atoms with Crippen molar-refractivity contribution in [2.24, 2.45) is 0 Å². The highest BCUT2D eigenvalue weighted by Gasteiger charge is 2.15. The van der Waals surface area contributed by atoms with Crippen LogP contribution in [-0.2, 0) is 0 Å². The Kier molecular flexibility index (Phi) is 2.55. The van der Waals surface area contributed by atoms with Crippen LogP contribution in [0, 0.1) is 0 Å². The molecule has 0 radical (unpaired) electrons. The third kappa shape index (κ3) is 1.70. The van der Waals surface area contributed by atoms with Crippen LogP contribution in [0.1, 0.15) is 0 Å². The largest absolute Gasteiger partial charge is 0.255 e. The molecule has 6 rings (SSSR count). The fourth-order valence-corrected chi connectivity index (χ4v) is 5.27. The second-order valence-corrected chi connectivity index (χ2v) is 7.46. The highest BCUT2D eigenvalue weighted by atomic mass is 32.1. The van der Waals surface area contributed by atoms with Crippen molar-refractivity contribution < 1.29 is 0 Å². The second kappa shape index (κ2) is 4.78. The van der Waals surface area contributed by atoms with Gasteiger partial charge in [0.1, 0.15) is 0 Å². The van der Waals surface area contributed by atoms with Crippen molar-refractivity contribution in [3.8, 4) is 0 Å². The molecule has 2 heterocycles. The summed E-state index contributed by atoms with van der Waals surface area (Å²) < 4.78 is 2.62. The van der Waals surface area contributed by atoms with E-state index in [2.05, 4.69) is 77.8 Å². The Morgan fingerprint density at radius 1 is 0.560 bits per heavy atom. The first-order chi connectivity index (χ1) is 12.4. The van der Waals surface area contributed by atoms with Gasteiger partial charge in [-0.05, 0) is 22.2 Å². The van der Waals surface area contributed by atoms with E-state index in [-0.39, 0.29) is 0 Å². The van der Waals surface area contributed by atoms with E-state index in [0.29, 0.717) is 0 Å². The molecule has 2 heteroatoms. The van der Waals surface area contributed by atoms with Gasteiger partial charge in [-0.2, -0.15) is 0 Å². The molecule has 0 fully saturated rings. The highest BCUT2D eigenvalue weighted by molar-refractivity contribution is 7.27. The smallest absolute Gasteiger partial charge is 0.0709 e. The summed E-state index contributed by atoms with van der Waals surface area (Å²) >= 11 is 1.86. The fourth-order valence-electron chi connectivity index (χ4n) is 4.03. The van der Waals surface area contributed by atoms with Crippen LogP contribution in [0.25, 0.3) is 52.6 Å². The lowest BCUT2D eigenvalue weighted by molar-refractivity contribution is 1.46. The first-order valence-electron chi connectivity index (χ1n) is 8.41. The fraction of sp³-hybridized carbons (Fsp3) is 0. The van der Waals surface area contributed by atoms with Crippen molar-refractivity contribution in [3.63, 3.8) is 0 Å². The molecule has 0 unspecified atom stereocenters. The molecular formula is C23H13NS. The molecule has 116 valence electrons. The summed E-state index contributed by atoms with van der Waals surface area (Å²) in [6.45, 7) is 0. The minimum absolute atomic E-state index is 1.06. The lowest BCUT2D eigenvalue weighted by Gasteiger charge is -2.07. The highest BCUT2D eigenvalue weighted by Crippen LogP contribution is 2.45. The van der Waals surface area contributed by atoms with Gasteiger partial charge in [-0.1, -0.05) is 66.7 Å². The van der Waals surface area contributed by atoms with Crippen molar-refractivity contribution in [1.29, 1.82) is 0 Å². The van der Waals surface area contributed by atoms with Gasteiger partial charge >= 0.3 is 0 Å². The Morgan fingerprint density at radius 3 is 1.96 bits per heavy atom. The van der Waals surface area contributed by atoms with Crippen LogP contribution in [-0.4, -0.2) is 4.98 Å². The predicted molar refractivity (Wildman–Crippen MR) is 110 cm³/mol. The SMILES string of the molecule is c1ccc2c(c1)ncc1sc3c4ccccc4c4ccccc4c3c12. The maximum absolute atomic E-state index is 4.68. The zero-order chi connectivity index (χ0) is 16.4. The van der Waals surface area contributed by atoms with Crippen LogP contribution >= 0.6 is 11.3 Å². The average Bonchev–Trinajstić information content (AvgIpc) is 3.09. The molecule has 0 saturated carbocycles. The topological polar surface area (TPSA) is 12.9 Å². The summed E-state index contributed by atoms with van der Waals surface area (Å²) in [6.07, 6.45) is 2.03. The van der Waals surface area contributed by atoms with Gasteiger partial charge in [0.2, 0.25) is 0 Å². The number of rotatable bonds is 0. The van der Waals surface area contributed by atoms with Crippen molar-refractivity contribution in [2.45, 2.75) is 0 Å². The van der Waals surface area contributed by atoms with Crippen LogP contribution in [0.3, 0.4) is 0 Å². The van der Waals surface area contributed by atoms with Gasteiger partial charge in [-0.15, -0.1) is 11.3 Å². The Balaban J connectivity index is 2.05. The standard InChI is InChI=1S/C23H13NS/c1-3-9-16-14(7-1)15-8-2-4-10-17(15)23-22(16)21-18-11-5-6-12-19(18)24-13-20(21)25-23/h1-13H. The Morgan fingerprint density at radius 2 is 1.16 bits per heavy atom. The number of hydrogen-bond acceptors (Lipinski definition) is 2. The Hall–Kier alpha value is -2.97. The average molecular weight is 335 g/mol. The molecule has 0 amide bonds. The van der Waals surface area contributed by atoms with E-state index in [4.69, 9.17) is 0 Å². The van der Waals surface area contributed by atoms with Gasteiger partial charge in [-0.3, -0.25) is 4.98 Å². The summed E-state index contributed by atoms with van der Waals surface area (Å²) in [6, 6.07) is 26.0. The normalized spacial score (nSPS) is 12.0. The predicted octanol–water partition coefficient (Wildman–Crippen LogP) is 6.91. The van der Waals surface area contributed by atoms with E-state index in [1.165, 1.54) is 47.1 Å². The molecule has 0 N–H and O–H groups in total. The lowest BCUT2D eigenvalue weighted by Crippen LogP contribution is -1.81. The second-order valence-electron chi connectivity index (χ2n) is 6.41. The zero-order valence-electron chi connectivity index (χ0n) is 13.4. The quantitative estimate of drug-likeness (QED) is 0.275. The van der Waals surface area contributed by atoms with E-state index in [1.807, 2.05) is 17.5 Å². The molecule has 0 saturated heterocycles. The van der Waals surface area contributed by atoms with Crippen LogP contribution in [0.2, 0.25) is 0 Å². The molecular weight excluding hydrogens is 322 g/mol. The molecule has 0 aliphatic heterocycles. The van der Waals surface area contributed by atoms with E-state index in [9.17, 15) is 0 Å². The number of nitrogens with zero attached hydrogens (tertiary/aromatic N) is 1. The number of aromatic nitrogens is 1. The molecule has 1 nitrogen and oxygen atoms in total. The number of hydrogen-bond donors (Lipinski definition) is 0.